The van der Waals surface area contributed by atoms with Crippen LogP contribution in [0.1, 0.15) is 79.0 Å². The van der Waals surface area contributed by atoms with E-state index in [4.69, 9.17) is 0 Å². The molecule has 0 aliphatic carbocycles. The SMILES string of the molecule is CC(C)(C)c1cc(C(C)(C)C)c(-c2ccccc2P(O)O)c(C(C)(C)C)c1. The minimum absolute atomic E-state index is 0.0403. The number of hydrogen-bond donors (Lipinski definition) is 2. The van der Waals surface area contributed by atoms with Crippen molar-refractivity contribution in [3.8, 4) is 11.1 Å². The summed E-state index contributed by atoms with van der Waals surface area (Å²) < 4.78 is 0. The molecular weight excluding hydrogens is 351 g/mol. The third-order valence-corrected chi connectivity index (χ3v) is 5.83. The standard InChI is InChI=1S/C24H35O2P/c1-22(2,3)16-14-18(23(4,5)6)21(19(15-16)24(7,8)9)17-12-10-11-13-20(17)27(25)26/h10-15,25-26H,1-9H3. The summed E-state index contributed by atoms with van der Waals surface area (Å²) in [5.41, 5.74) is 5.80. The molecule has 0 aliphatic heterocycles. The Morgan fingerprint density at radius 1 is 0.667 bits per heavy atom. The number of hydrogen-bond acceptors (Lipinski definition) is 2. The summed E-state index contributed by atoms with van der Waals surface area (Å²) in [6, 6.07) is 12.3. The van der Waals surface area contributed by atoms with E-state index < -0.39 is 8.38 Å². The molecule has 0 unspecified atom stereocenters. The minimum atomic E-state index is -2.17. The van der Waals surface area contributed by atoms with Crippen molar-refractivity contribution >= 4 is 13.7 Å². The lowest BCUT2D eigenvalue weighted by Crippen LogP contribution is -2.24. The van der Waals surface area contributed by atoms with Gasteiger partial charge in [-0.15, -0.1) is 0 Å². The minimum Gasteiger partial charge on any atom is -0.347 e. The maximum Gasteiger partial charge on any atom is 0.200 e. The molecule has 0 saturated heterocycles. The van der Waals surface area contributed by atoms with Crippen LogP contribution < -0.4 is 5.30 Å². The van der Waals surface area contributed by atoms with E-state index in [2.05, 4.69) is 74.4 Å². The molecule has 2 nitrogen and oxygen atoms in total. The monoisotopic (exact) mass is 386 g/mol. The summed E-state index contributed by atoms with van der Waals surface area (Å²) in [5, 5.41) is 0.618. The predicted octanol–water partition coefficient (Wildman–Crippen LogP) is 6.17. The van der Waals surface area contributed by atoms with Gasteiger partial charge in [-0.1, -0.05) is 92.6 Å². The summed E-state index contributed by atoms with van der Waals surface area (Å²) in [6.45, 7) is 20.1. The second-order valence-corrected chi connectivity index (χ2v) is 11.6. The van der Waals surface area contributed by atoms with Crippen molar-refractivity contribution in [1.82, 2.24) is 0 Å². The Morgan fingerprint density at radius 3 is 1.48 bits per heavy atom. The molecule has 0 aliphatic rings. The zero-order valence-corrected chi connectivity index (χ0v) is 19.2. The topological polar surface area (TPSA) is 40.5 Å². The van der Waals surface area contributed by atoms with Crippen LogP contribution in [-0.2, 0) is 16.2 Å². The molecule has 0 heterocycles. The van der Waals surface area contributed by atoms with Crippen molar-refractivity contribution in [2.75, 3.05) is 0 Å². The molecule has 0 aromatic heterocycles. The van der Waals surface area contributed by atoms with Crippen molar-refractivity contribution in [2.24, 2.45) is 0 Å². The van der Waals surface area contributed by atoms with Gasteiger partial charge in [0.05, 0.1) is 0 Å². The molecule has 0 fully saturated rings. The molecule has 2 rings (SSSR count). The summed E-state index contributed by atoms with van der Waals surface area (Å²) in [4.78, 5) is 20.1. The summed E-state index contributed by atoms with van der Waals surface area (Å²) in [7, 11) is -2.17. The fourth-order valence-electron chi connectivity index (χ4n) is 3.41. The van der Waals surface area contributed by atoms with E-state index in [0.29, 0.717) is 5.30 Å². The average molecular weight is 387 g/mol. The maximum atomic E-state index is 10.1. The van der Waals surface area contributed by atoms with Gasteiger partial charge in [0.15, 0.2) is 8.38 Å². The molecular formula is C24H35O2P. The molecule has 0 amide bonds. The van der Waals surface area contributed by atoms with Crippen LogP contribution >= 0.6 is 8.38 Å². The lowest BCUT2D eigenvalue weighted by molar-refractivity contribution is 0.497. The Bertz CT molecular complexity index is 780. The van der Waals surface area contributed by atoms with Crippen molar-refractivity contribution in [2.45, 2.75) is 78.6 Å². The highest BCUT2D eigenvalue weighted by Gasteiger charge is 2.31. The normalized spacial score (nSPS) is 13.3. The van der Waals surface area contributed by atoms with Gasteiger partial charge in [-0.25, -0.2) is 0 Å². The average Bonchev–Trinajstić information content (AvgIpc) is 2.51. The van der Waals surface area contributed by atoms with E-state index >= 15 is 0 Å². The van der Waals surface area contributed by atoms with Gasteiger partial charge >= 0.3 is 0 Å². The van der Waals surface area contributed by atoms with Crippen LogP contribution in [0.3, 0.4) is 0 Å². The van der Waals surface area contributed by atoms with Crippen LogP contribution in [0.25, 0.3) is 11.1 Å². The van der Waals surface area contributed by atoms with Crippen LogP contribution in [0.2, 0.25) is 0 Å². The largest absolute Gasteiger partial charge is 0.347 e. The third kappa shape index (κ3) is 4.80. The van der Waals surface area contributed by atoms with E-state index in [1.807, 2.05) is 24.3 Å². The van der Waals surface area contributed by atoms with Gasteiger partial charge in [0.25, 0.3) is 0 Å². The molecule has 0 radical (unpaired) electrons. The summed E-state index contributed by atoms with van der Waals surface area (Å²) >= 11 is 0. The number of benzene rings is 2. The zero-order valence-electron chi connectivity index (χ0n) is 18.3. The highest BCUT2D eigenvalue weighted by atomic mass is 31.2. The molecule has 2 aromatic rings. The van der Waals surface area contributed by atoms with Crippen molar-refractivity contribution < 1.29 is 9.79 Å². The lowest BCUT2D eigenvalue weighted by atomic mass is 9.71. The Morgan fingerprint density at radius 2 is 1.11 bits per heavy atom. The first-order valence-electron chi connectivity index (χ1n) is 9.61. The molecule has 0 spiro atoms. The van der Waals surface area contributed by atoms with E-state index in [0.717, 1.165) is 11.1 Å². The van der Waals surface area contributed by atoms with Crippen molar-refractivity contribution in [1.29, 1.82) is 0 Å². The second kappa shape index (κ2) is 7.32. The second-order valence-electron chi connectivity index (χ2n) is 10.5. The van der Waals surface area contributed by atoms with E-state index in [9.17, 15) is 9.79 Å². The Labute approximate surface area is 166 Å². The molecule has 27 heavy (non-hydrogen) atoms. The highest BCUT2D eigenvalue weighted by Crippen LogP contribution is 2.44. The molecule has 0 bridgehead atoms. The predicted molar refractivity (Wildman–Crippen MR) is 119 cm³/mol. The third-order valence-electron chi connectivity index (χ3n) is 5.01. The molecule has 148 valence electrons. The first-order chi connectivity index (χ1) is 12.1. The lowest BCUT2D eigenvalue weighted by Gasteiger charge is -2.34. The zero-order chi connectivity index (χ0) is 20.8. The van der Waals surface area contributed by atoms with Crippen molar-refractivity contribution in [3.63, 3.8) is 0 Å². The van der Waals surface area contributed by atoms with E-state index in [1.54, 1.807) is 0 Å². The molecule has 2 aromatic carbocycles. The summed E-state index contributed by atoms with van der Waals surface area (Å²) in [5.74, 6) is 0. The van der Waals surface area contributed by atoms with Gasteiger partial charge in [0.2, 0.25) is 0 Å². The molecule has 3 heteroatoms. The first-order valence-corrected chi connectivity index (χ1v) is 10.9. The van der Waals surface area contributed by atoms with Crippen LogP contribution in [0.5, 0.6) is 0 Å². The van der Waals surface area contributed by atoms with E-state index in [1.165, 1.54) is 16.7 Å². The Balaban J connectivity index is 3.04. The molecule has 2 N–H and O–H groups in total. The maximum absolute atomic E-state index is 10.1. The fraction of sp³-hybridized carbons (Fsp3) is 0.500. The smallest absolute Gasteiger partial charge is 0.200 e. The molecule has 0 saturated carbocycles. The van der Waals surface area contributed by atoms with E-state index in [-0.39, 0.29) is 16.2 Å². The quantitative estimate of drug-likeness (QED) is 0.606. The van der Waals surface area contributed by atoms with Gasteiger partial charge in [0, 0.05) is 5.30 Å². The highest BCUT2D eigenvalue weighted by molar-refractivity contribution is 7.54. The van der Waals surface area contributed by atoms with Gasteiger partial charge < -0.3 is 9.79 Å². The van der Waals surface area contributed by atoms with Crippen LogP contribution in [-0.4, -0.2) is 9.79 Å². The van der Waals surface area contributed by atoms with Crippen molar-refractivity contribution in [3.05, 3.63) is 53.1 Å². The number of rotatable bonds is 2. The Hall–Kier alpha value is -1.21. The van der Waals surface area contributed by atoms with Gasteiger partial charge in [-0.05, 0) is 50.1 Å². The van der Waals surface area contributed by atoms with Gasteiger partial charge in [0.1, 0.15) is 0 Å². The van der Waals surface area contributed by atoms with Crippen LogP contribution in [0, 0.1) is 0 Å². The van der Waals surface area contributed by atoms with Crippen LogP contribution in [0.15, 0.2) is 36.4 Å². The van der Waals surface area contributed by atoms with Crippen LogP contribution in [0.4, 0.5) is 0 Å². The Kier molecular flexibility index (Phi) is 5.98. The summed E-state index contributed by atoms with van der Waals surface area (Å²) in [6.07, 6.45) is 0. The first kappa shape index (κ1) is 22.1. The fourth-order valence-corrected chi connectivity index (χ4v) is 4.03. The van der Waals surface area contributed by atoms with Gasteiger partial charge in [-0.2, -0.15) is 0 Å². The molecule has 0 atom stereocenters. The van der Waals surface area contributed by atoms with Gasteiger partial charge in [-0.3, -0.25) is 0 Å².